The molecule has 0 aromatic carbocycles. The Morgan fingerprint density at radius 2 is 2.29 bits per heavy atom. The second kappa shape index (κ2) is 6.26. The van der Waals surface area contributed by atoms with Crippen molar-refractivity contribution in [2.24, 2.45) is 0 Å². The lowest BCUT2D eigenvalue weighted by Crippen LogP contribution is -2.13. The number of carbonyl (C=O) groups excluding carboxylic acids is 1. The Kier molecular flexibility index (Phi) is 5.27. The van der Waals surface area contributed by atoms with Crippen LogP contribution in [0.15, 0.2) is 6.20 Å². The predicted octanol–water partition coefficient (Wildman–Crippen LogP) is 3.74. The summed E-state index contributed by atoms with van der Waals surface area (Å²) in [5.41, 5.74) is -0.469. The molecule has 0 fully saturated rings. The third-order valence-electron chi connectivity index (χ3n) is 1.99. The third kappa shape index (κ3) is 3.13. The molecule has 17 heavy (non-hydrogen) atoms. The van der Waals surface area contributed by atoms with Crippen molar-refractivity contribution in [2.75, 3.05) is 6.61 Å². The molecule has 0 saturated heterocycles. The van der Waals surface area contributed by atoms with Gasteiger partial charge >= 0.3 is 5.97 Å². The fourth-order valence-electron chi connectivity index (χ4n) is 1.29. The average Bonchev–Trinajstić information content (AvgIpc) is 2.28. The third-order valence-corrected chi connectivity index (χ3v) is 2.89. The summed E-state index contributed by atoms with van der Waals surface area (Å²) in [6.07, 6.45) is -1.61. The SMILES string of the molecule is CCOC(=O)c1c(CBr)cnc(Cl)c1C(F)F. The second-order valence-corrected chi connectivity index (χ2v) is 3.94. The largest absolute Gasteiger partial charge is 0.462 e. The van der Waals surface area contributed by atoms with Gasteiger partial charge in [-0.1, -0.05) is 27.5 Å². The molecule has 0 atom stereocenters. The Balaban J connectivity index is 3.40. The molecule has 0 N–H and O–H groups in total. The molecule has 0 amide bonds. The van der Waals surface area contributed by atoms with Crippen molar-refractivity contribution in [1.29, 1.82) is 0 Å². The molecule has 7 heteroatoms. The smallest absolute Gasteiger partial charge is 0.339 e. The number of nitrogens with zero attached hydrogens (tertiary/aromatic N) is 1. The van der Waals surface area contributed by atoms with Gasteiger partial charge in [-0.05, 0) is 12.5 Å². The van der Waals surface area contributed by atoms with Gasteiger partial charge in [0.1, 0.15) is 5.15 Å². The molecule has 0 aliphatic carbocycles. The number of carbonyl (C=O) groups is 1. The van der Waals surface area contributed by atoms with Crippen molar-refractivity contribution < 1.29 is 18.3 Å². The molecule has 1 aromatic rings. The van der Waals surface area contributed by atoms with Crippen LogP contribution >= 0.6 is 27.5 Å². The van der Waals surface area contributed by atoms with Crippen molar-refractivity contribution in [2.45, 2.75) is 18.7 Å². The first kappa shape index (κ1) is 14.3. The van der Waals surface area contributed by atoms with E-state index in [-0.39, 0.29) is 22.7 Å². The lowest BCUT2D eigenvalue weighted by molar-refractivity contribution is 0.0514. The number of hydrogen-bond acceptors (Lipinski definition) is 3. The summed E-state index contributed by atoms with van der Waals surface area (Å²) >= 11 is 8.68. The molecule has 0 radical (unpaired) electrons. The molecule has 0 bridgehead atoms. The van der Waals surface area contributed by atoms with Gasteiger partial charge < -0.3 is 4.74 Å². The standard InChI is InChI=1S/C10H9BrClF2NO2/c1-2-17-10(16)6-5(3-11)4-15-8(12)7(6)9(13)14/h4,9H,2-3H2,1H3. The average molecular weight is 329 g/mol. The molecule has 0 aliphatic heterocycles. The van der Waals surface area contributed by atoms with E-state index in [4.69, 9.17) is 16.3 Å². The number of aromatic nitrogens is 1. The van der Waals surface area contributed by atoms with Crippen LogP contribution in [0, 0.1) is 0 Å². The zero-order chi connectivity index (χ0) is 13.0. The van der Waals surface area contributed by atoms with Gasteiger partial charge in [-0.2, -0.15) is 0 Å². The zero-order valence-corrected chi connectivity index (χ0v) is 11.2. The van der Waals surface area contributed by atoms with E-state index >= 15 is 0 Å². The highest BCUT2D eigenvalue weighted by Crippen LogP contribution is 2.32. The number of hydrogen-bond donors (Lipinski definition) is 0. The fraction of sp³-hybridized carbons (Fsp3) is 0.400. The molecule has 0 saturated carbocycles. The van der Waals surface area contributed by atoms with Crippen molar-refractivity contribution in [1.82, 2.24) is 4.98 Å². The maximum absolute atomic E-state index is 12.9. The summed E-state index contributed by atoms with van der Waals surface area (Å²) in [4.78, 5) is 15.3. The molecule has 1 aromatic heterocycles. The van der Waals surface area contributed by atoms with Crippen LogP contribution in [0.1, 0.15) is 34.8 Å². The van der Waals surface area contributed by atoms with E-state index < -0.39 is 18.0 Å². The van der Waals surface area contributed by atoms with E-state index in [9.17, 15) is 13.6 Å². The van der Waals surface area contributed by atoms with Gasteiger partial charge in [0.25, 0.3) is 6.43 Å². The lowest BCUT2D eigenvalue weighted by Gasteiger charge is -2.12. The van der Waals surface area contributed by atoms with Crippen LogP contribution in [0.25, 0.3) is 0 Å². The highest BCUT2D eigenvalue weighted by atomic mass is 79.9. The summed E-state index contributed by atoms with van der Waals surface area (Å²) in [6.45, 7) is 1.69. The number of rotatable bonds is 4. The highest BCUT2D eigenvalue weighted by Gasteiger charge is 2.26. The lowest BCUT2D eigenvalue weighted by atomic mass is 10.1. The molecule has 3 nitrogen and oxygen atoms in total. The molecule has 0 aliphatic rings. The molecule has 1 rings (SSSR count). The Morgan fingerprint density at radius 3 is 2.76 bits per heavy atom. The van der Waals surface area contributed by atoms with E-state index in [0.717, 1.165) is 0 Å². The van der Waals surface area contributed by atoms with Crippen LogP contribution in [0.4, 0.5) is 8.78 Å². The molecule has 94 valence electrons. The molecule has 0 unspecified atom stereocenters. The zero-order valence-electron chi connectivity index (χ0n) is 8.84. The first-order valence-electron chi connectivity index (χ1n) is 4.71. The number of esters is 1. The summed E-state index contributed by atoms with van der Waals surface area (Å²) in [5.74, 6) is -0.818. The Hall–Kier alpha value is -0.750. The van der Waals surface area contributed by atoms with Gasteiger partial charge in [-0.15, -0.1) is 0 Å². The van der Waals surface area contributed by atoms with E-state index in [1.165, 1.54) is 6.20 Å². The molecule has 0 spiro atoms. The maximum Gasteiger partial charge on any atom is 0.339 e. The normalized spacial score (nSPS) is 10.7. The first-order valence-corrected chi connectivity index (χ1v) is 6.21. The number of pyridine rings is 1. The minimum absolute atomic E-state index is 0.100. The summed E-state index contributed by atoms with van der Waals surface area (Å²) < 4.78 is 30.5. The summed E-state index contributed by atoms with van der Waals surface area (Å²) in [5, 5.41) is -0.168. The van der Waals surface area contributed by atoms with Gasteiger partial charge in [0.2, 0.25) is 0 Å². The Morgan fingerprint density at radius 1 is 1.65 bits per heavy atom. The maximum atomic E-state index is 12.9. The van der Waals surface area contributed by atoms with Crippen LogP contribution in [0.3, 0.4) is 0 Å². The van der Waals surface area contributed by atoms with Crippen LogP contribution in [0.5, 0.6) is 0 Å². The van der Waals surface area contributed by atoms with Crippen LogP contribution in [-0.2, 0) is 10.1 Å². The van der Waals surface area contributed by atoms with Crippen molar-refractivity contribution in [3.63, 3.8) is 0 Å². The first-order chi connectivity index (χ1) is 8.02. The van der Waals surface area contributed by atoms with Crippen molar-refractivity contribution in [3.8, 4) is 0 Å². The second-order valence-electron chi connectivity index (χ2n) is 3.02. The monoisotopic (exact) mass is 327 g/mol. The number of halogens is 4. The fourth-order valence-corrected chi connectivity index (χ4v) is 1.94. The highest BCUT2D eigenvalue weighted by molar-refractivity contribution is 9.08. The van der Waals surface area contributed by atoms with E-state index in [1.54, 1.807) is 6.92 Å². The van der Waals surface area contributed by atoms with Gasteiger partial charge in [0.05, 0.1) is 17.7 Å². The predicted molar refractivity (Wildman–Crippen MR) is 62.8 cm³/mol. The number of ether oxygens (including phenoxy) is 1. The van der Waals surface area contributed by atoms with E-state index in [0.29, 0.717) is 5.56 Å². The minimum atomic E-state index is -2.88. The molecular weight excluding hydrogens is 319 g/mol. The van der Waals surface area contributed by atoms with E-state index in [1.807, 2.05) is 0 Å². The number of alkyl halides is 3. The van der Waals surface area contributed by atoms with Gasteiger partial charge in [-0.3, -0.25) is 0 Å². The summed E-state index contributed by atoms with van der Waals surface area (Å²) in [6, 6.07) is 0. The summed E-state index contributed by atoms with van der Waals surface area (Å²) in [7, 11) is 0. The van der Waals surface area contributed by atoms with E-state index in [2.05, 4.69) is 20.9 Å². The van der Waals surface area contributed by atoms with Crippen LogP contribution in [-0.4, -0.2) is 17.6 Å². The minimum Gasteiger partial charge on any atom is -0.462 e. The van der Waals surface area contributed by atoms with Crippen LogP contribution in [0.2, 0.25) is 5.15 Å². The topological polar surface area (TPSA) is 39.2 Å². The molecule has 1 heterocycles. The van der Waals surface area contributed by atoms with Gasteiger partial charge in [0.15, 0.2) is 0 Å². The Bertz CT molecular complexity index is 429. The quantitative estimate of drug-likeness (QED) is 0.480. The van der Waals surface area contributed by atoms with Gasteiger partial charge in [-0.25, -0.2) is 18.6 Å². The van der Waals surface area contributed by atoms with Crippen molar-refractivity contribution in [3.05, 3.63) is 28.0 Å². The van der Waals surface area contributed by atoms with Crippen molar-refractivity contribution >= 4 is 33.5 Å². The van der Waals surface area contributed by atoms with Crippen LogP contribution < -0.4 is 0 Å². The Labute approximate surface area is 110 Å². The van der Waals surface area contributed by atoms with Gasteiger partial charge in [0, 0.05) is 11.5 Å². The molecular formula is C10H9BrClF2NO2.